The highest BCUT2D eigenvalue weighted by Crippen LogP contribution is 1.99. The smallest absolute Gasteiger partial charge is 0.0839 e. The van der Waals surface area contributed by atoms with Crippen LogP contribution < -0.4 is 0 Å². The van der Waals surface area contributed by atoms with Gasteiger partial charge in [0, 0.05) is 12.4 Å². The molecule has 3 heteroatoms. The molecule has 10 heavy (non-hydrogen) atoms. The Labute approximate surface area is 59.5 Å². The number of nitrogens with one attached hydrogen (secondary N) is 1. The maximum atomic E-state index is 6.97. The summed E-state index contributed by atoms with van der Waals surface area (Å²) < 4.78 is 1.57. The lowest BCUT2D eigenvalue weighted by Crippen LogP contribution is -1.93. The van der Waals surface area contributed by atoms with Gasteiger partial charge in [-0.05, 0) is 13.0 Å². The van der Waals surface area contributed by atoms with Crippen molar-refractivity contribution in [3.63, 3.8) is 0 Å². The Bertz CT molecular complexity index is 234. The monoisotopic (exact) mass is 135 g/mol. The highest BCUT2D eigenvalue weighted by Gasteiger charge is 1.96. The lowest BCUT2D eigenvalue weighted by atomic mass is 10.4. The first-order valence-corrected chi connectivity index (χ1v) is 2.97. The molecule has 1 rings (SSSR count). The van der Waals surface area contributed by atoms with Crippen LogP contribution in [0.25, 0.3) is 6.20 Å². The van der Waals surface area contributed by atoms with E-state index in [2.05, 4.69) is 11.7 Å². The molecule has 0 unspecified atom stereocenters. The SMILES string of the molecule is C=Cn1nc(C)cc1C=N. The van der Waals surface area contributed by atoms with Crippen molar-refractivity contribution in [2.24, 2.45) is 0 Å². The second-order valence-corrected chi connectivity index (χ2v) is 1.98. The van der Waals surface area contributed by atoms with E-state index in [1.54, 1.807) is 10.9 Å². The normalized spacial score (nSPS) is 9.30. The second kappa shape index (κ2) is 2.47. The van der Waals surface area contributed by atoms with Gasteiger partial charge >= 0.3 is 0 Å². The van der Waals surface area contributed by atoms with Crippen molar-refractivity contribution in [1.82, 2.24) is 9.78 Å². The molecule has 1 aromatic rings. The summed E-state index contributed by atoms with van der Waals surface area (Å²) in [6.07, 6.45) is 2.83. The Morgan fingerprint density at radius 2 is 2.50 bits per heavy atom. The minimum Gasteiger partial charge on any atom is -0.307 e. The Kier molecular flexibility index (Phi) is 1.67. The van der Waals surface area contributed by atoms with E-state index in [0.29, 0.717) is 0 Å². The molecule has 52 valence electrons. The Morgan fingerprint density at radius 3 is 2.90 bits per heavy atom. The summed E-state index contributed by atoms with van der Waals surface area (Å²) in [6.45, 7) is 5.43. The topological polar surface area (TPSA) is 41.7 Å². The maximum Gasteiger partial charge on any atom is 0.0839 e. The van der Waals surface area contributed by atoms with E-state index < -0.39 is 0 Å². The van der Waals surface area contributed by atoms with Crippen molar-refractivity contribution in [1.29, 1.82) is 5.41 Å². The molecular weight excluding hydrogens is 126 g/mol. The van der Waals surface area contributed by atoms with Crippen molar-refractivity contribution in [2.45, 2.75) is 6.92 Å². The Hall–Kier alpha value is -1.38. The molecular formula is C7H9N3. The van der Waals surface area contributed by atoms with Crippen LogP contribution in [-0.2, 0) is 0 Å². The van der Waals surface area contributed by atoms with Crippen LogP contribution in [0.5, 0.6) is 0 Å². The predicted octanol–water partition coefficient (Wildman–Crippen LogP) is 1.29. The van der Waals surface area contributed by atoms with E-state index in [9.17, 15) is 0 Å². The van der Waals surface area contributed by atoms with Gasteiger partial charge in [-0.1, -0.05) is 6.58 Å². The first-order valence-electron chi connectivity index (χ1n) is 2.97. The fraction of sp³-hybridized carbons (Fsp3) is 0.143. The number of aryl methyl sites for hydroxylation is 1. The molecule has 1 aromatic heterocycles. The number of hydrogen-bond donors (Lipinski definition) is 1. The molecule has 0 amide bonds. The third-order valence-corrected chi connectivity index (χ3v) is 1.21. The molecule has 1 heterocycles. The van der Waals surface area contributed by atoms with E-state index in [-0.39, 0.29) is 0 Å². The summed E-state index contributed by atoms with van der Waals surface area (Å²) in [5, 5.41) is 11.0. The van der Waals surface area contributed by atoms with Crippen molar-refractivity contribution < 1.29 is 0 Å². The van der Waals surface area contributed by atoms with Gasteiger partial charge in [0.05, 0.1) is 11.4 Å². The fourth-order valence-corrected chi connectivity index (χ4v) is 0.791. The molecule has 0 aromatic carbocycles. The standard InChI is InChI=1S/C7H9N3/c1-3-10-7(5-8)4-6(2)9-10/h3-5,8H,1H2,2H3. The number of rotatable bonds is 2. The van der Waals surface area contributed by atoms with Crippen LogP contribution >= 0.6 is 0 Å². The average Bonchev–Trinajstić information content (AvgIpc) is 2.30. The molecule has 0 saturated carbocycles. The van der Waals surface area contributed by atoms with Crippen LogP contribution in [0.4, 0.5) is 0 Å². The molecule has 0 aliphatic rings. The zero-order valence-corrected chi connectivity index (χ0v) is 5.83. The maximum absolute atomic E-state index is 6.97. The quantitative estimate of drug-likeness (QED) is 0.610. The van der Waals surface area contributed by atoms with Crippen molar-refractivity contribution in [2.75, 3.05) is 0 Å². The van der Waals surface area contributed by atoms with E-state index in [1.807, 2.05) is 13.0 Å². The first kappa shape index (κ1) is 6.74. The van der Waals surface area contributed by atoms with Gasteiger partial charge in [-0.15, -0.1) is 0 Å². The molecule has 1 N–H and O–H groups in total. The molecule has 0 saturated heterocycles. The van der Waals surface area contributed by atoms with Gasteiger partial charge in [-0.2, -0.15) is 5.10 Å². The van der Waals surface area contributed by atoms with Crippen molar-refractivity contribution in [3.8, 4) is 0 Å². The van der Waals surface area contributed by atoms with Gasteiger partial charge in [0.25, 0.3) is 0 Å². The highest BCUT2D eigenvalue weighted by molar-refractivity contribution is 5.75. The Balaban J connectivity index is 3.20. The van der Waals surface area contributed by atoms with E-state index >= 15 is 0 Å². The largest absolute Gasteiger partial charge is 0.307 e. The third kappa shape index (κ3) is 0.978. The summed E-state index contributed by atoms with van der Waals surface area (Å²) in [6, 6.07) is 1.83. The van der Waals surface area contributed by atoms with Crippen LogP contribution in [0.1, 0.15) is 11.4 Å². The van der Waals surface area contributed by atoms with Crippen LogP contribution in [-0.4, -0.2) is 16.0 Å². The van der Waals surface area contributed by atoms with Crippen molar-refractivity contribution in [3.05, 3.63) is 24.0 Å². The number of aromatic nitrogens is 2. The van der Waals surface area contributed by atoms with E-state index in [1.165, 1.54) is 6.21 Å². The zero-order chi connectivity index (χ0) is 7.56. The van der Waals surface area contributed by atoms with Gasteiger partial charge in [0.1, 0.15) is 0 Å². The molecule has 3 nitrogen and oxygen atoms in total. The first-order chi connectivity index (χ1) is 4.77. The molecule has 0 aliphatic carbocycles. The van der Waals surface area contributed by atoms with Gasteiger partial charge < -0.3 is 5.41 Å². The van der Waals surface area contributed by atoms with E-state index in [4.69, 9.17) is 5.41 Å². The zero-order valence-electron chi connectivity index (χ0n) is 5.83. The molecule has 0 fully saturated rings. The van der Waals surface area contributed by atoms with Crippen LogP contribution in [0.15, 0.2) is 12.6 Å². The van der Waals surface area contributed by atoms with Gasteiger partial charge in [-0.3, -0.25) is 0 Å². The van der Waals surface area contributed by atoms with Crippen LogP contribution in [0.3, 0.4) is 0 Å². The average molecular weight is 135 g/mol. The summed E-state index contributed by atoms with van der Waals surface area (Å²) in [7, 11) is 0. The minimum atomic E-state index is 0.757. The second-order valence-electron chi connectivity index (χ2n) is 1.98. The summed E-state index contributed by atoms with van der Waals surface area (Å²) in [4.78, 5) is 0. The Morgan fingerprint density at radius 1 is 1.80 bits per heavy atom. The van der Waals surface area contributed by atoms with E-state index in [0.717, 1.165) is 11.4 Å². The van der Waals surface area contributed by atoms with Crippen LogP contribution in [0, 0.1) is 12.3 Å². The molecule has 0 bridgehead atoms. The summed E-state index contributed by atoms with van der Waals surface area (Å²) >= 11 is 0. The lowest BCUT2D eigenvalue weighted by molar-refractivity contribution is 0.907. The number of hydrogen-bond acceptors (Lipinski definition) is 2. The van der Waals surface area contributed by atoms with Gasteiger partial charge in [0.2, 0.25) is 0 Å². The summed E-state index contributed by atoms with van der Waals surface area (Å²) in [5.41, 5.74) is 1.66. The molecule has 0 aliphatic heterocycles. The molecule has 0 spiro atoms. The number of nitrogens with zero attached hydrogens (tertiary/aromatic N) is 2. The summed E-state index contributed by atoms with van der Waals surface area (Å²) in [5.74, 6) is 0. The third-order valence-electron chi connectivity index (χ3n) is 1.21. The van der Waals surface area contributed by atoms with Gasteiger partial charge in [-0.25, -0.2) is 4.68 Å². The molecule has 0 atom stereocenters. The molecule has 0 radical (unpaired) electrons. The predicted molar refractivity (Wildman–Crippen MR) is 41.2 cm³/mol. The minimum absolute atomic E-state index is 0.757. The van der Waals surface area contributed by atoms with Crippen molar-refractivity contribution >= 4 is 12.4 Å². The lowest BCUT2D eigenvalue weighted by Gasteiger charge is -1.90. The van der Waals surface area contributed by atoms with Crippen LogP contribution in [0.2, 0.25) is 0 Å². The highest BCUT2D eigenvalue weighted by atomic mass is 15.3. The fourth-order valence-electron chi connectivity index (χ4n) is 0.791. The van der Waals surface area contributed by atoms with Gasteiger partial charge in [0.15, 0.2) is 0 Å².